The van der Waals surface area contributed by atoms with E-state index in [1.165, 1.54) is 16.7 Å². The summed E-state index contributed by atoms with van der Waals surface area (Å²) in [7, 11) is 0. The summed E-state index contributed by atoms with van der Waals surface area (Å²) in [5.41, 5.74) is 5.60. The third kappa shape index (κ3) is 1.28. The van der Waals surface area contributed by atoms with Crippen LogP contribution >= 0.6 is 23.4 Å². The molecule has 2 saturated heterocycles. The molecule has 0 aliphatic carbocycles. The van der Waals surface area contributed by atoms with Crippen molar-refractivity contribution in [3.63, 3.8) is 0 Å². The Kier molecular flexibility index (Phi) is 2.40. The average Bonchev–Trinajstić information content (AvgIpc) is 2.49. The number of amides is 1. The molecular formula is C8H11ClN2O3S. The van der Waals surface area contributed by atoms with E-state index in [2.05, 4.69) is 0 Å². The summed E-state index contributed by atoms with van der Waals surface area (Å²) < 4.78 is -0.651. The Hall–Kier alpha value is -0.460. The number of hydrogen-bond acceptors (Lipinski definition) is 4. The predicted octanol–water partition coefficient (Wildman–Crippen LogP) is -0.321. The number of carbonyl (C=O) groups is 2. The fourth-order valence-corrected chi connectivity index (χ4v) is 3.93. The number of hydrogen-bond donors (Lipinski definition) is 2. The zero-order valence-electron chi connectivity index (χ0n) is 8.01. The highest BCUT2D eigenvalue weighted by Crippen LogP contribution is 2.50. The van der Waals surface area contributed by atoms with Crippen LogP contribution in [0.15, 0.2) is 0 Å². The summed E-state index contributed by atoms with van der Waals surface area (Å²) in [6, 6.07) is -1.45. The quantitative estimate of drug-likeness (QED) is 0.518. The van der Waals surface area contributed by atoms with E-state index in [0.717, 1.165) is 0 Å². The molecule has 2 aliphatic rings. The molecule has 0 saturated carbocycles. The summed E-state index contributed by atoms with van der Waals surface area (Å²) in [5, 5.41) is 8.87. The minimum atomic E-state index is -1.02. The molecule has 0 aromatic rings. The van der Waals surface area contributed by atoms with Crippen LogP contribution in [0.25, 0.3) is 0 Å². The highest BCUT2D eigenvalue weighted by atomic mass is 35.5. The minimum Gasteiger partial charge on any atom is -0.480 e. The monoisotopic (exact) mass is 250 g/mol. The van der Waals surface area contributed by atoms with Gasteiger partial charge in [0.2, 0.25) is 5.91 Å². The Morgan fingerprint density at radius 3 is 2.87 bits per heavy atom. The van der Waals surface area contributed by atoms with Gasteiger partial charge in [-0.25, -0.2) is 4.79 Å². The van der Waals surface area contributed by atoms with Crippen LogP contribution in [0.2, 0.25) is 0 Å². The fourth-order valence-electron chi connectivity index (χ4n) is 2.03. The summed E-state index contributed by atoms with van der Waals surface area (Å²) in [4.78, 5) is 23.9. The molecular weight excluding hydrogens is 240 g/mol. The Balaban J connectivity index is 2.33. The SMILES string of the molecule is CC1(CCl)S[C@H]2C(N)C(=O)N2C1C(=O)O. The van der Waals surface area contributed by atoms with Gasteiger partial charge < -0.3 is 15.7 Å². The van der Waals surface area contributed by atoms with Crippen molar-refractivity contribution in [3.05, 3.63) is 0 Å². The number of carbonyl (C=O) groups excluding carboxylic acids is 1. The number of carboxylic acid groups (broad SMARTS) is 1. The standard InChI is InChI=1S/C8H11ClN2O3S/c1-8(2-9)4(7(13)14)11-5(12)3(10)6(11)15-8/h3-4,6H,2,10H2,1H3,(H,13,14)/t3?,4?,6-,8?/m0/s1. The number of aliphatic carboxylic acids is 1. The maximum atomic E-state index is 11.4. The molecule has 1 amide bonds. The van der Waals surface area contributed by atoms with Crippen LogP contribution in [-0.2, 0) is 9.59 Å². The largest absolute Gasteiger partial charge is 0.480 e. The zero-order valence-corrected chi connectivity index (χ0v) is 9.59. The second-order valence-electron chi connectivity index (χ2n) is 3.97. The number of halogens is 1. The third-order valence-electron chi connectivity index (χ3n) is 2.87. The van der Waals surface area contributed by atoms with Crippen molar-refractivity contribution in [2.45, 2.75) is 29.1 Å². The number of nitrogens with two attached hydrogens (primary N) is 1. The first-order valence-electron chi connectivity index (χ1n) is 4.47. The van der Waals surface area contributed by atoms with Crippen molar-refractivity contribution >= 4 is 35.2 Å². The van der Waals surface area contributed by atoms with Gasteiger partial charge in [-0.05, 0) is 6.92 Å². The Labute approximate surface area is 95.9 Å². The Bertz CT molecular complexity index is 340. The zero-order chi connectivity index (χ0) is 11.4. The normalized spacial score (nSPS) is 43.8. The predicted molar refractivity (Wildman–Crippen MR) is 56.7 cm³/mol. The van der Waals surface area contributed by atoms with E-state index in [1.54, 1.807) is 6.92 Å². The van der Waals surface area contributed by atoms with Crippen LogP contribution in [0.5, 0.6) is 0 Å². The van der Waals surface area contributed by atoms with Crippen molar-refractivity contribution in [3.8, 4) is 0 Å². The topological polar surface area (TPSA) is 83.6 Å². The van der Waals surface area contributed by atoms with Gasteiger partial charge in [-0.3, -0.25) is 4.79 Å². The van der Waals surface area contributed by atoms with E-state index in [-0.39, 0.29) is 17.2 Å². The summed E-state index contributed by atoms with van der Waals surface area (Å²) in [5.74, 6) is -1.14. The maximum Gasteiger partial charge on any atom is 0.327 e. The van der Waals surface area contributed by atoms with Crippen LogP contribution in [0, 0.1) is 0 Å². The van der Waals surface area contributed by atoms with Crippen molar-refractivity contribution in [1.82, 2.24) is 4.90 Å². The molecule has 7 heteroatoms. The number of β-lactam (4-membered cyclic amide) rings is 1. The number of fused-ring (bicyclic) bond motifs is 1. The molecule has 3 unspecified atom stereocenters. The third-order valence-corrected chi connectivity index (χ3v) is 5.25. The lowest BCUT2D eigenvalue weighted by Crippen LogP contribution is -2.68. The molecule has 0 aromatic heterocycles. The summed E-state index contributed by atoms with van der Waals surface area (Å²) in [6.45, 7) is 1.75. The molecule has 0 aromatic carbocycles. The molecule has 3 N–H and O–H groups in total. The molecule has 5 nitrogen and oxygen atoms in total. The van der Waals surface area contributed by atoms with E-state index in [1.807, 2.05) is 0 Å². The van der Waals surface area contributed by atoms with Gasteiger partial charge >= 0.3 is 5.97 Å². The second-order valence-corrected chi connectivity index (χ2v) is 5.89. The number of alkyl halides is 1. The molecule has 2 heterocycles. The van der Waals surface area contributed by atoms with Gasteiger partial charge in [0.05, 0.1) is 4.75 Å². The van der Waals surface area contributed by atoms with Gasteiger partial charge in [0.1, 0.15) is 17.5 Å². The minimum absolute atomic E-state index is 0.182. The van der Waals surface area contributed by atoms with Crippen LogP contribution in [0.3, 0.4) is 0 Å². The van der Waals surface area contributed by atoms with Crippen molar-refractivity contribution in [2.75, 3.05) is 5.88 Å². The second kappa shape index (κ2) is 3.26. The van der Waals surface area contributed by atoms with E-state index in [4.69, 9.17) is 22.4 Å². The van der Waals surface area contributed by atoms with Crippen LogP contribution in [0.4, 0.5) is 0 Å². The molecule has 2 fully saturated rings. The van der Waals surface area contributed by atoms with E-state index >= 15 is 0 Å². The lowest BCUT2D eigenvalue weighted by atomic mass is 9.96. The first-order valence-corrected chi connectivity index (χ1v) is 5.88. The van der Waals surface area contributed by atoms with Gasteiger partial charge in [-0.2, -0.15) is 0 Å². The Morgan fingerprint density at radius 2 is 2.40 bits per heavy atom. The van der Waals surface area contributed by atoms with Crippen LogP contribution in [0.1, 0.15) is 6.92 Å². The molecule has 84 valence electrons. The number of thioether (sulfide) groups is 1. The maximum absolute atomic E-state index is 11.4. The van der Waals surface area contributed by atoms with Crippen LogP contribution in [-0.4, -0.2) is 50.0 Å². The number of rotatable bonds is 2. The highest BCUT2D eigenvalue weighted by molar-refractivity contribution is 8.01. The average molecular weight is 251 g/mol. The lowest BCUT2D eigenvalue weighted by Gasteiger charge is -2.41. The highest BCUT2D eigenvalue weighted by Gasteiger charge is 2.64. The van der Waals surface area contributed by atoms with Crippen molar-refractivity contribution in [2.24, 2.45) is 5.73 Å². The molecule has 0 bridgehead atoms. The smallest absolute Gasteiger partial charge is 0.327 e. The molecule has 0 radical (unpaired) electrons. The Morgan fingerprint density at radius 1 is 1.80 bits per heavy atom. The summed E-state index contributed by atoms with van der Waals surface area (Å²) >= 11 is 7.16. The van der Waals surface area contributed by atoms with Gasteiger partial charge in [0.25, 0.3) is 0 Å². The van der Waals surface area contributed by atoms with E-state index in [0.29, 0.717) is 0 Å². The van der Waals surface area contributed by atoms with Crippen molar-refractivity contribution < 1.29 is 14.7 Å². The van der Waals surface area contributed by atoms with Gasteiger partial charge in [0.15, 0.2) is 0 Å². The molecule has 2 rings (SSSR count). The van der Waals surface area contributed by atoms with Gasteiger partial charge in [0, 0.05) is 5.88 Å². The molecule has 4 atom stereocenters. The lowest BCUT2D eigenvalue weighted by molar-refractivity contribution is -0.159. The van der Waals surface area contributed by atoms with Gasteiger partial charge in [-0.15, -0.1) is 23.4 Å². The van der Waals surface area contributed by atoms with E-state index in [9.17, 15) is 9.59 Å². The summed E-state index contributed by atoms with van der Waals surface area (Å²) in [6.07, 6.45) is 0. The fraction of sp³-hybridized carbons (Fsp3) is 0.750. The number of nitrogens with zero attached hydrogens (tertiary/aromatic N) is 1. The van der Waals surface area contributed by atoms with Crippen molar-refractivity contribution in [1.29, 1.82) is 0 Å². The van der Waals surface area contributed by atoms with Crippen LogP contribution < -0.4 is 5.73 Å². The molecule has 15 heavy (non-hydrogen) atoms. The van der Waals surface area contributed by atoms with Gasteiger partial charge in [-0.1, -0.05) is 0 Å². The van der Waals surface area contributed by atoms with E-state index < -0.39 is 22.8 Å². The molecule has 0 spiro atoms. The first kappa shape index (κ1) is 11.0. The number of carboxylic acids is 1. The first-order chi connectivity index (χ1) is 6.92. The molecule has 2 aliphatic heterocycles.